The van der Waals surface area contributed by atoms with E-state index in [9.17, 15) is 27.6 Å². The summed E-state index contributed by atoms with van der Waals surface area (Å²) in [5, 5.41) is 0. The van der Waals surface area contributed by atoms with Crippen molar-refractivity contribution in [1.29, 1.82) is 0 Å². The second-order valence-electron chi connectivity index (χ2n) is 14.8. The molecule has 3 heterocycles. The van der Waals surface area contributed by atoms with E-state index < -0.39 is 23.8 Å². The Bertz CT molecular complexity index is 1970. The van der Waals surface area contributed by atoms with E-state index in [4.69, 9.17) is 0 Å². The summed E-state index contributed by atoms with van der Waals surface area (Å²) < 4.78 is 39.5. The van der Waals surface area contributed by atoms with Gasteiger partial charge in [-0.25, -0.2) is 0 Å². The molecule has 1 atom stereocenters. The van der Waals surface area contributed by atoms with E-state index in [2.05, 4.69) is 43.9 Å². The van der Waals surface area contributed by atoms with E-state index in [1.54, 1.807) is 11.8 Å². The van der Waals surface area contributed by atoms with Gasteiger partial charge < -0.3 is 24.5 Å². The number of aromatic nitrogens is 1. The first-order chi connectivity index (χ1) is 27.3. The summed E-state index contributed by atoms with van der Waals surface area (Å²) >= 11 is 0. The van der Waals surface area contributed by atoms with Gasteiger partial charge in [0.1, 0.15) is 11.7 Å². The first-order valence-corrected chi connectivity index (χ1v) is 19.3. The first kappa shape index (κ1) is 41.0. The van der Waals surface area contributed by atoms with Crippen molar-refractivity contribution in [3.05, 3.63) is 131 Å². The zero-order valence-electron chi connectivity index (χ0n) is 32.7. The van der Waals surface area contributed by atoms with Crippen molar-refractivity contribution in [2.75, 3.05) is 76.3 Å². The molecule has 0 aliphatic carbocycles. The molecule has 0 spiro atoms. The van der Waals surface area contributed by atoms with Crippen molar-refractivity contribution >= 4 is 35.2 Å². The lowest BCUT2D eigenvalue weighted by Crippen LogP contribution is -2.56. The zero-order chi connectivity index (χ0) is 40.5. The molecule has 2 aliphatic heterocycles. The highest BCUT2D eigenvalue weighted by Gasteiger charge is 2.35. The van der Waals surface area contributed by atoms with E-state index in [0.717, 1.165) is 41.3 Å². The molecule has 57 heavy (non-hydrogen) atoms. The van der Waals surface area contributed by atoms with Gasteiger partial charge in [0, 0.05) is 117 Å². The second kappa shape index (κ2) is 18.5. The Morgan fingerprint density at radius 3 is 1.96 bits per heavy atom. The van der Waals surface area contributed by atoms with E-state index in [0.29, 0.717) is 57.9 Å². The molecule has 0 saturated carbocycles. The quantitative estimate of drug-likeness (QED) is 0.167. The molecule has 2 saturated heterocycles. The Hall–Kier alpha value is -5.69. The lowest BCUT2D eigenvalue weighted by atomic mass is 10.0. The Morgan fingerprint density at radius 2 is 1.39 bits per heavy atom. The van der Waals surface area contributed by atoms with Gasteiger partial charge in [-0.1, -0.05) is 60.7 Å². The lowest BCUT2D eigenvalue weighted by molar-refractivity contribution is -0.145. The molecule has 2 fully saturated rings. The number of carbonyl (C=O) groups is 3. The smallest absolute Gasteiger partial charge is 0.378 e. The van der Waals surface area contributed by atoms with Crippen molar-refractivity contribution < 1.29 is 27.6 Å². The van der Waals surface area contributed by atoms with Gasteiger partial charge >= 0.3 is 6.18 Å². The minimum absolute atomic E-state index is 0.0610. The first-order valence-electron chi connectivity index (χ1n) is 19.3. The molecule has 300 valence electrons. The Balaban J connectivity index is 1.24. The molecule has 0 radical (unpaired) electrons. The summed E-state index contributed by atoms with van der Waals surface area (Å²) in [5.74, 6) is -0.550. The van der Waals surface area contributed by atoms with Gasteiger partial charge in [-0.15, -0.1) is 0 Å². The summed E-state index contributed by atoms with van der Waals surface area (Å²) in [6.07, 6.45) is -0.494. The predicted octanol–water partition coefficient (Wildman–Crippen LogP) is 5.83. The Morgan fingerprint density at radius 1 is 0.754 bits per heavy atom. The molecule has 0 N–H and O–H groups in total. The molecular formula is C44H50F3N7O3. The second-order valence-corrected chi connectivity index (χ2v) is 14.8. The maximum Gasteiger partial charge on any atom is 0.433 e. The van der Waals surface area contributed by atoms with E-state index in [1.807, 2.05) is 78.5 Å². The molecule has 1 aromatic heterocycles. The number of rotatable bonds is 12. The Labute approximate surface area is 332 Å². The van der Waals surface area contributed by atoms with Crippen LogP contribution < -0.4 is 9.80 Å². The number of anilines is 2. The largest absolute Gasteiger partial charge is 0.433 e. The fourth-order valence-electron chi connectivity index (χ4n) is 7.23. The van der Waals surface area contributed by atoms with Crippen LogP contribution in [0.5, 0.6) is 0 Å². The monoisotopic (exact) mass is 781 g/mol. The standard InChI is InChI=1S/C44H50F3N7O3/c1-33(55)51-25-27-52(28-26-51)39-17-11-37(12-18-39)32-54(42(56)20-14-35-13-19-41(48-30-35)44(45,46)47)40(29-34-7-5-4-6-8-34)43(57)53-23-21-50(22-24-53)31-36-9-15-38(16-10-36)49(2)3/h4-20,30,40H,21-29,31-32H2,1-3H3/b20-14+/t40-/m0/s1. The number of halogens is 3. The number of piperazine rings is 2. The van der Waals surface area contributed by atoms with Crippen LogP contribution in [0.2, 0.25) is 0 Å². The van der Waals surface area contributed by atoms with Crippen LogP contribution in [0.1, 0.15) is 34.9 Å². The molecular weight excluding hydrogens is 732 g/mol. The molecule has 10 nitrogen and oxygen atoms in total. The van der Waals surface area contributed by atoms with Gasteiger partial charge in [0.2, 0.25) is 17.7 Å². The fraction of sp³-hybridized carbons (Fsp3) is 0.364. The third-order valence-corrected chi connectivity index (χ3v) is 10.6. The van der Waals surface area contributed by atoms with Crippen LogP contribution in [0, 0.1) is 0 Å². The topological polar surface area (TPSA) is 83.5 Å². The summed E-state index contributed by atoms with van der Waals surface area (Å²) in [4.78, 5) is 56.2. The normalized spacial score (nSPS) is 15.8. The molecule has 0 unspecified atom stereocenters. The minimum atomic E-state index is -4.58. The zero-order valence-corrected chi connectivity index (χ0v) is 32.7. The molecule has 13 heteroatoms. The lowest BCUT2D eigenvalue weighted by Gasteiger charge is -2.39. The van der Waals surface area contributed by atoms with Gasteiger partial charge in [-0.2, -0.15) is 13.2 Å². The van der Waals surface area contributed by atoms with Gasteiger partial charge in [-0.05, 0) is 58.7 Å². The van der Waals surface area contributed by atoms with Crippen molar-refractivity contribution in [3.63, 3.8) is 0 Å². The minimum Gasteiger partial charge on any atom is -0.378 e. The van der Waals surface area contributed by atoms with E-state index in [-0.39, 0.29) is 24.8 Å². The van der Waals surface area contributed by atoms with Gasteiger partial charge in [-0.3, -0.25) is 24.3 Å². The van der Waals surface area contributed by atoms with Gasteiger partial charge in [0.15, 0.2) is 0 Å². The molecule has 3 amide bonds. The molecule has 2 aliphatic rings. The van der Waals surface area contributed by atoms with Crippen LogP contribution in [-0.4, -0.2) is 115 Å². The van der Waals surface area contributed by atoms with Crippen LogP contribution in [0.4, 0.5) is 24.5 Å². The van der Waals surface area contributed by atoms with Crippen LogP contribution >= 0.6 is 0 Å². The highest BCUT2D eigenvalue weighted by atomic mass is 19.4. The molecule has 6 rings (SSSR count). The third kappa shape index (κ3) is 11.0. The maximum atomic E-state index is 14.7. The number of carbonyl (C=O) groups excluding carboxylic acids is 3. The Kier molecular flexibility index (Phi) is 13.3. The van der Waals surface area contributed by atoms with Crippen molar-refractivity contribution in [3.8, 4) is 0 Å². The van der Waals surface area contributed by atoms with Gasteiger partial charge in [0.05, 0.1) is 0 Å². The molecule has 3 aromatic carbocycles. The predicted molar refractivity (Wildman–Crippen MR) is 216 cm³/mol. The number of pyridine rings is 1. The van der Waals surface area contributed by atoms with Crippen molar-refractivity contribution in [2.24, 2.45) is 0 Å². The third-order valence-electron chi connectivity index (χ3n) is 10.6. The highest BCUT2D eigenvalue weighted by molar-refractivity contribution is 5.95. The van der Waals surface area contributed by atoms with Crippen LogP contribution in [0.25, 0.3) is 6.08 Å². The van der Waals surface area contributed by atoms with E-state index >= 15 is 0 Å². The number of hydrogen-bond donors (Lipinski definition) is 0. The summed E-state index contributed by atoms with van der Waals surface area (Å²) in [7, 11) is 4.02. The van der Waals surface area contributed by atoms with Crippen molar-refractivity contribution in [1.82, 2.24) is 24.6 Å². The molecule has 0 bridgehead atoms. The summed E-state index contributed by atoms with van der Waals surface area (Å²) in [5.41, 5.74) is 4.33. The maximum absolute atomic E-state index is 14.7. The van der Waals surface area contributed by atoms with Crippen LogP contribution in [-0.2, 0) is 40.1 Å². The average Bonchev–Trinajstić information content (AvgIpc) is 3.22. The van der Waals surface area contributed by atoms with Crippen molar-refractivity contribution in [2.45, 2.75) is 38.7 Å². The number of benzene rings is 3. The number of amides is 3. The average molecular weight is 782 g/mol. The van der Waals surface area contributed by atoms with Crippen LogP contribution in [0.3, 0.4) is 0 Å². The van der Waals surface area contributed by atoms with Crippen LogP contribution in [0.15, 0.2) is 103 Å². The fourth-order valence-corrected chi connectivity index (χ4v) is 7.23. The molecule has 4 aromatic rings. The highest BCUT2D eigenvalue weighted by Crippen LogP contribution is 2.28. The SMILES string of the molecule is CC(=O)N1CCN(c2ccc(CN(C(=O)/C=C/c3ccc(C(F)(F)F)nc3)[C@@H](Cc3ccccc3)C(=O)N3CCN(Cc4ccc(N(C)C)cc4)CC3)cc2)CC1. The van der Waals surface area contributed by atoms with E-state index in [1.165, 1.54) is 23.8 Å². The summed E-state index contributed by atoms with van der Waals surface area (Å²) in [6.45, 7) is 7.51. The number of hydrogen-bond acceptors (Lipinski definition) is 7. The van der Waals surface area contributed by atoms with Gasteiger partial charge in [0.25, 0.3) is 0 Å². The summed E-state index contributed by atoms with van der Waals surface area (Å²) in [6, 6.07) is 27.2. The number of alkyl halides is 3. The number of nitrogens with zero attached hydrogens (tertiary/aromatic N) is 7.